The minimum Gasteiger partial charge on any atom is -0.507 e. The van der Waals surface area contributed by atoms with E-state index in [0.717, 1.165) is 49.7 Å². The normalized spacial score (nSPS) is 17.0. The first-order chi connectivity index (χ1) is 22.6. The maximum absolute atomic E-state index is 10.7. The molecule has 1 fully saturated rings. The zero-order chi connectivity index (χ0) is 32.7. The van der Waals surface area contributed by atoms with Crippen LogP contribution in [0.3, 0.4) is 0 Å². The van der Waals surface area contributed by atoms with E-state index in [0.29, 0.717) is 11.5 Å². The molecule has 0 heterocycles. The number of benzene rings is 2. The molecule has 2 aromatic rings. The summed E-state index contributed by atoms with van der Waals surface area (Å²) in [6.45, 7) is 4.54. The third kappa shape index (κ3) is 15.3. The molecular weight excluding hydrogens is 564 g/mol. The topological polar surface area (TPSA) is 65.2 Å². The van der Waals surface area contributed by atoms with Crippen LogP contribution in [-0.4, -0.2) is 34.7 Å². The van der Waals surface area contributed by atoms with Gasteiger partial charge in [-0.15, -0.1) is 0 Å². The highest BCUT2D eigenvalue weighted by molar-refractivity contribution is 5.84. The molecule has 46 heavy (non-hydrogen) atoms. The van der Waals surface area contributed by atoms with Gasteiger partial charge in [0.1, 0.15) is 11.5 Å². The lowest BCUT2D eigenvalue weighted by molar-refractivity contribution is 0.390. The van der Waals surface area contributed by atoms with E-state index in [-0.39, 0.29) is 12.1 Å². The van der Waals surface area contributed by atoms with E-state index >= 15 is 0 Å². The Bertz CT molecular complexity index is 1140. The predicted octanol–water partition coefficient (Wildman–Crippen LogP) is 12.1. The predicted molar refractivity (Wildman–Crippen MR) is 199 cm³/mol. The van der Waals surface area contributed by atoms with Crippen molar-refractivity contribution in [2.45, 2.75) is 180 Å². The van der Waals surface area contributed by atoms with Gasteiger partial charge in [-0.05, 0) is 73.9 Å². The van der Waals surface area contributed by atoms with E-state index in [1.807, 2.05) is 36.7 Å². The van der Waals surface area contributed by atoms with E-state index < -0.39 is 0 Å². The van der Waals surface area contributed by atoms with Gasteiger partial charge in [0, 0.05) is 23.6 Å². The molecule has 1 saturated carbocycles. The Labute approximate surface area is 282 Å². The van der Waals surface area contributed by atoms with Crippen LogP contribution in [0.1, 0.15) is 177 Å². The van der Waals surface area contributed by atoms with Crippen LogP contribution in [0.4, 0.5) is 0 Å². The second-order valence-corrected chi connectivity index (χ2v) is 13.9. The van der Waals surface area contributed by atoms with Crippen LogP contribution < -0.4 is 0 Å². The van der Waals surface area contributed by atoms with Gasteiger partial charge in [0.25, 0.3) is 0 Å². The number of nitrogens with zero attached hydrogens (tertiary/aromatic N) is 2. The minimum absolute atomic E-state index is 0.0964. The lowest BCUT2D eigenvalue weighted by Gasteiger charge is -2.25. The molecule has 0 aromatic heterocycles. The van der Waals surface area contributed by atoms with Crippen molar-refractivity contribution in [2.24, 2.45) is 9.98 Å². The number of hydrogen-bond donors (Lipinski definition) is 2. The number of hydrogen-bond acceptors (Lipinski definition) is 4. The second-order valence-electron chi connectivity index (χ2n) is 13.9. The summed E-state index contributed by atoms with van der Waals surface area (Å²) in [6.07, 6.45) is 33.9. The number of aromatic hydroxyl groups is 2. The minimum atomic E-state index is 0.0964. The summed E-state index contributed by atoms with van der Waals surface area (Å²) >= 11 is 0. The summed E-state index contributed by atoms with van der Waals surface area (Å²) in [5, 5.41) is 21.4. The molecule has 2 aromatic carbocycles. The van der Waals surface area contributed by atoms with Crippen LogP contribution in [0.25, 0.3) is 0 Å². The van der Waals surface area contributed by atoms with Crippen LogP contribution in [-0.2, 0) is 12.8 Å². The number of rotatable bonds is 24. The van der Waals surface area contributed by atoms with Crippen molar-refractivity contribution in [2.75, 3.05) is 0 Å². The Kier molecular flexibility index (Phi) is 19.5. The third-order valence-corrected chi connectivity index (χ3v) is 9.83. The molecule has 4 heteroatoms. The summed E-state index contributed by atoms with van der Waals surface area (Å²) in [5.74, 6) is 0.640. The molecule has 256 valence electrons. The number of aryl methyl sites for hydroxylation is 2. The van der Waals surface area contributed by atoms with Crippen molar-refractivity contribution in [1.29, 1.82) is 0 Å². The van der Waals surface area contributed by atoms with Gasteiger partial charge in [0.15, 0.2) is 0 Å². The number of aliphatic imine (C=N–C) groups is 2. The summed E-state index contributed by atoms with van der Waals surface area (Å²) in [7, 11) is 0. The molecule has 0 saturated heterocycles. The van der Waals surface area contributed by atoms with E-state index in [4.69, 9.17) is 9.98 Å². The number of phenols is 2. The first-order valence-corrected chi connectivity index (χ1v) is 19.3. The molecular formula is C42H66N2O2. The van der Waals surface area contributed by atoms with Gasteiger partial charge < -0.3 is 10.2 Å². The quantitative estimate of drug-likeness (QED) is 0.0895. The van der Waals surface area contributed by atoms with Gasteiger partial charge in [0.2, 0.25) is 0 Å². The van der Waals surface area contributed by atoms with Gasteiger partial charge in [-0.3, -0.25) is 9.98 Å². The Morgan fingerprint density at radius 2 is 0.870 bits per heavy atom. The molecule has 4 nitrogen and oxygen atoms in total. The molecule has 0 spiro atoms. The Hall–Kier alpha value is -2.62. The SMILES string of the molecule is CCCCCCCCCCCCc1ccc(C=N[C@H]2CCCC[C@@H]2N=Cc2ccc(CCCCCCCCCC)cc2O)c(O)c1. The first-order valence-electron chi connectivity index (χ1n) is 19.3. The van der Waals surface area contributed by atoms with E-state index in [1.54, 1.807) is 0 Å². The molecule has 1 aliphatic carbocycles. The van der Waals surface area contributed by atoms with Crippen molar-refractivity contribution in [3.05, 3.63) is 58.7 Å². The monoisotopic (exact) mass is 631 g/mol. The van der Waals surface area contributed by atoms with Crippen LogP contribution in [0.15, 0.2) is 46.4 Å². The fraction of sp³-hybridized carbons (Fsp3) is 0.667. The highest BCUT2D eigenvalue weighted by Gasteiger charge is 2.23. The molecule has 2 atom stereocenters. The molecule has 2 N–H and O–H groups in total. The summed E-state index contributed by atoms with van der Waals surface area (Å²) in [4.78, 5) is 9.82. The van der Waals surface area contributed by atoms with Gasteiger partial charge in [-0.25, -0.2) is 0 Å². The average molecular weight is 631 g/mol. The van der Waals surface area contributed by atoms with Crippen molar-refractivity contribution in [1.82, 2.24) is 0 Å². The summed E-state index contributed by atoms with van der Waals surface area (Å²) in [6, 6.07) is 12.3. The fourth-order valence-electron chi connectivity index (χ4n) is 6.78. The highest BCUT2D eigenvalue weighted by Crippen LogP contribution is 2.26. The van der Waals surface area contributed by atoms with Crippen LogP contribution in [0, 0.1) is 0 Å². The van der Waals surface area contributed by atoms with Crippen molar-refractivity contribution in [3.63, 3.8) is 0 Å². The van der Waals surface area contributed by atoms with Gasteiger partial charge in [0.05, 0.1) is 12.1 Å². The van der Waals surface area contributed by atoms with E-state index in [2.05, 4.69) is 26.0 Å². The molecule has 0 bridgehead atoms. The Balaban J connectivity index is 1.41. The second kappa shape index (κ2) is 23.7. The van der Waals surface area contributed by atoms with Crippen molar-refractivity contribution in [3.8, 4) is 11.5 Å². The molecule has 3 rings (SSSR count). The molecule has 0 radical (unpaired) electrons. The number of unbranched alkanes of at least 4 members (excludes halogenated alkanes) is 16. The lowest BCUT2D eigenvalue weighted by Crippen LogP contribution is -2.27. The summed E-state index contributed by atoms with van der Waals surface area (Å²) in [5.41, 5.74) is 3.97. The van der Waals surface area contributed by atoms with Crippen LogP contribution in [0.5, 0.6) is 11.5 Å². The Morgan fingerprint density at radius 1 is 0.522 bits per heavy atom. The molecule has 0 aliphatic heterocycles. The Morgan fingerprint density at radius 3 is 1.22 bits per heavy atom. The maximum atomic E-state index is 10.7. The smallest absolute Gasteiger partial charge is 0.124 e. The zero-order valence-electron chi connectivity index (χ0n) is 29.5. The maximum Gasteiger partial charge on any atom is 0.124 e. The van der Waals surface area contributed by atoms with Crippen LogP contribution >= 0.6 is 0 Å². The molecule has 1 aliphatic rings. The highest BCUT2D eigenvalue weighted by atomic mass is 16.3. The van der Waals surface area contributed by atoms with Crippen LogP contribution in [0.2, 0.25) is 0 Å². The van der Waals surface area contributed by atoms with Gasteiger partial charge >= 0.3 is 0 Å². The largest absolute Gasteiger partial charge is 0.507 e. The molecule has 0 unspecified atom stereocenters. The summed E-state index contributed by atoms with van der Waals surface area (Å²) < 4.78 is 0. The average Bonchev–Trinajstić information content (AvgIpc) is 3.06. The number of phenolic OH excluding ortho intramolecular Hbond substituents is 2. The van der Waals surface area contributed by atoms with Gasteiger partial charge in [-0.1, -0.05) is 142 Å². The lowest BCUT2D eigenvalue weighted by atomic mass is 9.91. The van der Waals surface area contributed by atoms with E-state index in [1.165, 1.54) is 127 Å². The van der Waals surface area contributed by atoms with Crippen molar-refractivity contribution < 1.29 is 10.2 Å². The molecule has 0 amide bonds. The zero-order valence-corrected chi connectivity index (χ0v) is 29.5. The van der Waals surface area contributed by atoms with E-state index in [9.17, 15) is 10.2 Å². The van der Waals surface area contributed by atoms with Gasteiger partial charge in [-0.2, -0.15) is 0 Å². The van der Waals surface area contributed by atoms with Crippen molar-refractivity contribution >= 4 is 12.4 Å². The third-order valence-electron chi connectivity index (χ3n) is 9.83. The standard InChI is InChI=1S/C42H66N2O2/c1-3-5-7-9-11-13-14-16-18-20-24-36-28-30-38(42(46)32-36)34-44-40-26-22-21-25-39(40)43-33-37-29-27-35(31-41(37)45)23-19-17-15-12-10-8-6-4-2/h27-34,39-40,45-46H,3-26H2,1-2H3/t39-,40-/m0/s1. The fourth-order valence-corrected chi connectivity index (χ4v) is 6.78. The first kappa shape index (κ1) is 37.8.